The summed E-state index contributed by atoms with van der Waals surface area (Å²) in [7, 11) is 1.20. The summed E-state index contributed by atoms with van der Waals surface area (Å²) in [5.74, 6) is -0.965. The summed E-state index contributed by atoms with van der Waals surface area (Å²) >= 11 is 0. The van der Waals surface area contributed by atoms with Crippen molar-refractivity contribution in [3.63, 3.8) is 0 Å². The number of benzene rings is 2. The fourth-order valence-electron chi connectivity index (χ4n) is 3.86. The van der Waals surface area contributed by atoms with Gasteiger partial charge in [0, 0.05) is 17.5 Å². The summed E-state index contributed by atoms with van der Waals surface area (Å²) in [5, 5.41) is 21.7. The molecule has 1 fully saturated rings. The lowest BCUT2D eigenvalue weighted by atomic mass is 10.0. The maximum absolute atomic E-state index is 13.6. The van der Waals surface area contributed by atoms with E-state index in [2.05, 4.69) is 61.6 Å². The molecule has 1 N–H and O–H groups in total. The first-order valence-corrected chi connectivity index (χ1v) is 17.6. The minimum absolute atomic E-state index is 0.0485. The number of aliphatic hydroxyl groups excluding tert-OH is 1. The van der Waals surface area contributed by atoms with Crippen LogP contribution in [0.5, 0.6) is 0 Å². The molecule has 1 saturated heterocycles. The summed E-state index contributed by atoms with van der Waals surface area (Å²) in [6, 6.07) is 11.2. The van der Waals surface area contributed by atoms with Crippen molar-refractivity contribution in [3.8, 4) is 0 Å². The van der Waals surface area contributed by atoms with Crippen LogP contribution in [-0.4, -0.2) is 90.8 Å². The number of hydrogen-bond donors (Lipinski definition) is 1. The van der Waals surface area contributed by atoms with Gasteiger partial charge in [0.15, 0.2) is 6.10 Å². The van der Waals surface area contributed by atoms with Crippen LogP contribution in [-0.2, 0) is 14.4 Å². The monoisotopic (exact) mass is 649 g/mol. The molecule has 2 aromatic rings. The number of oxime groups is 1. The highest BCUT2D eigenvalue weighted by molar-refractivity contribution is 8.33. The zero-order valence-electron chi connectivity index (χ0n) is 27.8. The molecule has 250 valence electrons. The molecule has 2 unspecified atom stereocenters. The number of anilines is 1. The number of carbonyl (C=O) groups excluding carboxylic acids is 1. The average Bonchev–Trinajstić information content (AvgIpc) is 2.96. The molecule has 2 aliphatic rings. The number of morpholine rings is 1. The van der Waals surface area contributed by atoms with Crippen molar-refractivity contribution < 1.29 is 28.3 Å². The highest BCUT2D eigenvalue weighted by Crippen LogP contribution is 2.48. The van der Waals surface area contributed by atoms with Crippen molar-refractivity contribution in [2.75, 3.05) is 57.0 Å². The van der Waals surface area contributed by atoms with Crippen molar-refractivity contribution >= 4 is 27.4 Å². The zero-order chi connectivity index (χ0) is 33.8. The molecule has 2 aliphatic heterocycles. The smallest absolute Gasteiger partial charge is 0.325 e. The molecule has 0 aromatic heterocycles. The lowest BCUT2D eigenvalue weighted by Crippen LogP contribution is -2.48. The van der Waals surface area contributed by atoms with Gasteiger partial charge in [-0.2, -0.15) is 5.11 Å². The Balaban J connectivity index is 0.000000259. The quantitative estimate of drug-likeness (QED) is 0.209. The Labute approximate surface area is 268 Å². The lowest BCUT2D eigenvalue weighted by molar-refractivity contribution is -0.150. The van der Waals surface area contributed by atoms with E-state index < -0.39 is 6.10 Å². The molecule has 0 spiro atoms. The van der Waals surface area contributed by atoms with Crippen molar-refractivity contribution in [1.82, 2.24) is 5.01 Å². The molecule has 2 heterocycles. The zero-order valence-corrected chi connectivity index (χ0v) is 28.6. The van der Waals surface area contributed by atoms with Gasteiger partial charge in [0.25, 0.3) is 0 Å². The topological polar surface area (TPSA) is 99.3 Å². The third-order valence-corrected chi connectivity index (χ3v) is 11.2. The summed E-state index contributed by atoms with van der Waals surface area (Å²) in [5.41, 5.74) is 2.63. The molecule has 12 heteroatoms. The fourth-order valence-corrected chi connectivity index (χ4v) is 3.86. The Morgan fingerprint density at radius 3 is 2.38 bits per heavy atom. The molecule has 0 aliphatic carbocycles. The van der Waals surface area contributed by atoms with Gasteiger partial charge in [0.2, 0.25) is 0 Å². The summed E-state index contributed by atoms with van der Waals surface area (Å²) in [6.45, 7) is 13.2. The number of halogens is 2. The molecule has 2 atom stereocenters. The third kappa shape index (κ3) is 12.4. The van der Waals surface area contributed by atoms with Crippen molar-refractivity contribution in [2.24, 2.45) is 15.5 Å². The number of rotatable bonds is 7. The summed E-state index contributed by atoms with van der Waals surface area (Å²) in [4.78, 5) is 18.5. The highest BCUT2D eigenvalue weighted by Gasteiger charge is 2.28. The van der Waals surface area contributed by atoms with E-state index in [9.17, 15) is 13.6 Å². The van der Waals surface area contributed by atoms with Crippen LogP contribution < -0.4 is 4.90 Å². The molecule has 0 saturated carbocycles. The number of esters is 1. The normalized spacial score (nSPS) is 18.8. The summed E-state index contributed by atoms with van der Waals surface area (Å²) < 4.78 is 32.7. The van der Waals surface area contributed by atoms with E-state index in [0.29, 0.717) is 47.6 Å². The van der Waals surface area contributed by atoms with Crippen LogP contribution in [0.15, 0.2) is 70.7 Å². The van der Waals surface area contributed by atoms with Gasteiger partial charge in [-0.3, -0.25) is 9.80 Å². The Morgan fingerprint density at radius 1 is 1.18 bits per heavy atom. The Kier molecular flexibility index (Phi) is 14.4. The second-order valence-corrected chi connectivity index (χ2v) is 17.4. The Bertz CT molecular complexity index is 1310. The van der Waals surface area contributed by atoms with Crippen LogP contribution in [0.25, 0.3) is 0 Å². The predicted octanol–water partition coefficient (Wildman–Crippen LogP) is 6.49. The van der Waals surface area contributed by atoms with Gasteiger partial charge in [-0.15, -0.1) is 0 Å². The van der Waals surface area contributed by atoms with Gasteiger partial charge in [-0.25, -0.2) is 18.8 Å². The maximum atomic E-state index is 13.6. The van der Waals surface area contributed by atoms with Gasteiger partial charge in [-0.1, -0.05) is 49.9 Å². The number of carbonyl (C=O) groups is 1. The van der Waals surface area contributed by atoms with Crippen molar-refractivity contribution in [2.45, 2.75) is 57.5 Å². The molecule has 0 bridgehead atoms. The van der Waals surface area contributed by atoms with Gasteiger partial charge in [0.1, 0.15) is 24.3 Å². The highest BCUT2D eigenvalue weighted by atomic mass is 32.3. The minimum atomic E-state index is -0.391. The molecular weight excluding hydrogens is 600 g/mol. The second kappa shape index (κ2) is 17.3. The Morgan fingerprint density at radius 2 is 1.87 bits per heavy atom. The van der Waals surface area contributed by atoms with Crippen LogP contribution in [0.1, 0.15) is 44.7 Å². The van der Waals surface area contributed by atoms with Crippen molar-refractivity contribution in [1.29, 1.82) is 0 Å². The lowest BCUT2D eigenvalue weighted by Gasteiger charge is -2.40. The number of hydrogen-bond acceptors (Lipinski definition) is 8. The van der Waals surface area contributed by atoms with E-state index in [1.807, 2.05) is 13.0 Å². The van der Waals surface area contributed by atoms with E-state index in [4.69, 9.17) is 14.7 Å². The van der Waals surface area contributed by atoms with Gasteiger partial charge in [0.05, 0.1) is 32.5 Å². The largest absolute Gasteiger partial charge is 0.457 e. The molecule has 0 radical (unpaired) electrons. The molecular formula is C33H49F2N5O4S. The molecule has 4 rings (SSSR count). The number of ether oxygens (including phenoxy) is 1. The van der Waals surface area contributed by atoms with Crippen LogP contribution in [0.3, 0.4) is 0 Å². The van der Waals surface area contributed by atoms with Gasteiger partial charge < -0.3 is 19.6 Å². The van der Waals surface area contributed by atoms with E-state index in [-0.39, 0.29) is 46.9 Å². The predicted molar refractivity (Wildman–Crippen MR) is 180 cm³/mol. The first kappa shape index (κ1) is 37.7. The molecule has 9 nitrogen and oxygen atoms in total. The number of nitrogens with zero attached hydrogens (tertiary/aromatic N) is 5. The third-order valence-electron chi connectivity index (χ3n) is 7.51. The van der Waals surface area contributed by atoms with E-state index in [1.165, 1.54) is 29.4 Å². The first-order valence-electron chi connectivity index (χ1n) is 14.7. The first-order chi connectivity index (χ1) is 21.1. The second-order valence-electron chi connectivity index (χ2n) is 12.5. The minimum Gasteiger partial charge on any atom is -0.457 e. The SMILES string of the molecule is C=CN(CC1CN(c2cccc(F)c2)CC(=O)O1)N=NC.CC(C)(C)S(C)(C)C.Cc1ccc(C2=NOC(CO)CC2)c(F)c1. The van der Waals surface area contributed by atoms with Crippen molar-refractivity contribution in [3.05, 3.63) is 78.0 Å². The van der Waals surface area contributed by atoms with Gasteiger partial charge in [-0.05, 0) is 79.2 Å². The molecule has 45 heavy (non-hydrogen) atoms. The van der Waals surface area contributed by atoms with E-state index in [0.717, 1.165) is 5.56 Å². The fraction of sp³-hybridized carbons (Fsp3) is 0.515. The van der Waals surface area contributed by atoms with E-state index >= 15 is 0 Å². The van der Waals surface area contributed by atoms with Crippen LogP contribution >= 0.6 is 10.0 Å². The number of aryl methyl sites for hydroxylation is 1. The summed E-state index contributed by atoms with van der Waals surface area (Å²) in [6.07, 6.45) is 9.22. The maximum Gasteiger partial charge on any atom is 0.325 e. The van der Waals surface area contributed by atoms with Crippen LogP contribution in [0.4, 0.5) is 14.5 Å². The Hall–Kier alpha value is -3.51. The average molecular weight is 650 g/mol. The molecule has 0 amide bonds. The standard InChI is InChI=1S/C14H17FN4O2.C12H14FNO2.C7H18S/c1-3-19(17-16-2)9-13-8-18(10-14(20)21-13)12-6-4-5-11(15)7-12;1-8-2-4-10(11(13)6-8)12-5-3-9(7-15)16-14-12;1-7(2,3)8(4,5)6/h3-7,13H,1,8-10H2,2H3;2,4,6,9,15H,3,5,7H2,1H3;1-6H3. The number of cyclic esters (lactones) is 1. The number of aliphatic hydroxyl groups is 1. The van der Waals surface area contributed by atoms with Gasteiger partial charge >= 0.3 is 5.97 Å². The van der Waals surface area contributed by atoms with Crippen LogP contribution in [0.2, 0.25) is 0 Å². The van der Waals surface area contributed by atoms with Crippen LogP contribution in [0, 0.1) is 18.6 Å². The van der Waals surface area contributed by atoms with E-state index in [1.54, 1.807) is 30.1 Å². The molecule has 2 aromatic carbocycles.